The average Bonchev–Trinajstić information content (AvgIpc) is 3.56. The van der Waals surface area contributed by atoms with Crippen LogP contribution in [0, 0.1) is 5.82 Å². The Hall–Kier alpha value is -3.36. The van der Waals surface area contributed by atoms with Gasteiger partial charge in [-0.15, -0.1) is 10.2 Å². The molecule has 2 saturated carbocycles. The monoisotopic (exact) mass is 456 g/mol. The van der Waals surface area contributed by atoms with Gasteiger partial charge in [-0.05, 0) is 68.0 Å². The topological polar surface area (TPSA) is 71.2 Å². The Morgan fingerprint density at radius 1 is 1.06 bits per heavy atom. The normalized spacial score (nSPS) is 20.2. The van der Waals surface area contributed by atoms with Gasteiger partial charge in [0.15, 0.2) is 12.6 Å². The number of nitrogens with zero attached hydrogens (tertiary/aromatic N) is 4. The first-order chi connectivity index (χ1) is 16.0. The molecule has 0 saturated heterocycles. The van der Waals surface area contributed by atoms with Crippen LogP contribution in [0.1, 0.15) is 32.1 Å². The first kappa shape index (κ1) is 21.5. The quantitative estimate of drug-likeness (QED) is 0.587. The molecule has 2 fully saturated rings. The molecule has 3 aromatic rings. The van der Waals surface area contributed by atoms with Gasteiger partial charge in [0.1, 0.15) is 17.7 Å². The lowest BCUT2D eigenvalue weighted by molar-refractivity contribution is 0.300. The summed E-state index contributed by atoms with van der Waals surface area (Å²) in [6.07, 6.45) is 4.52. The summed E-state index contributed by atoms with van der Waals surface area (Å²) in [7, 11) is 0. The van der Waals surface area contributed by atoms with Crippen molar-refractivity contribution in [1.29, 1.82) is 0 Å². The fraction of sp³-hybridized carbons (Fsp3) is 0.375. The molecule has 1 aromatic carbocycles. The fourth-order valence-corrected chi connectivity index (χ4v) is 4.56. The number of phenolic OH excluding ortho intramolecular Hbond substituents is 1. The van der Waals surface area contributed by atoms with E-state index >= 15 is 0 Å². The summed E-state index contributed by atoms with van der Waals surface area (Å²) in [5.74, 6) is -0.320. The first-order valence-corrected chi connectivity index (χ1v) is 11.0. The Labute approximate surface area is 188 Å². The third-order valence-corrected chi connectivity index (χ3v) is 6.41. The molecular formula is C24H23F3N4O2. The van der Waals surface area contributed by atoms with Crippen molar-refractivity contribution < 1.29 is 18.3 Å². The summed E-state index contributed by atoms with van der Waals surface area (Å²) in [4.78, 5) is 13.9. The molecular weight excluding hydrogens is 433 g/mol. The van der Waals surface area contributed by atoms with Gasteiger partial charge < -0.3 is 10.0 Å². The standard InChI is InChI=1S/C24H23F3N4O2/c25-13-30-9-8-14(10-24(30)33)16-12-22(32)17(11-19(16)27)20-6-7-23(29-28-20)31(15-4-5-15)21-3-1-2-18(21)26/h6-12,15,18,21,32H,1-5,13H2. The van der Waals surface area contributed by atoms with Crippen LogP contribution in [0.5, 0.6) is 5.75 Å². The van der Waals surface area contributed by atoms with Gasteiger partial charge in [-0.3, -0.25) is 9.36 Å². The molecule has 172 valence electrons. The number of benzene rings is 1. The van der Waals surface area contributed by atoms with E-state index in [9.17, 15) is 23.1 Å². The lowest BCUT2D eigenvalue weighted by atomic mass is 10.0. The van der Waals surface area contributed by atoms with Gasteiger partial charge in [0, 0.05) is 29.4 Å². The molecule has 9 heteroatoms. The molecule has 2 aliphatic carbocycles. The predicted molar refractivity (Wildman–Crippen MR) is 118 cm³/mol. The van der Waals surface area contributed by atoms with Gasteiger partial charge in [0.05, 0.1) is 11.7 Å². The van der Waals surface area contributed by atoms with Crippen molar-refractivity contribution in [2.45, 2.75) is 57.2 Å². The number of halogens is 3. The van der Waals surface area contributed by atoms with Crippen LogP contribution in [0.3, 0.4) is 0 Å². The maximum Gasteiger partial charge on any atom is 0.253 e. The zero-order valence-electron chi connectivity index (χ0n) is 17.8. The predicted octanol–water partition coefficient (Wildman–Crippen LogP) is 4.60. The summed E-state index contributed by atoms with van der Waals surface area (Å²) in [6.45, 7) is -0.981. The van der Waals surface area contributed by atoms with E-state index in [1.807, 2.05) is 4.90 Å². The number of aromatic nitrogens is 3. The van der Waals surface area contributed by atoms with E-state index < -0.39 is 24.3 Å². The van der Waals surface area contributed by atoms with Crippen LogP contribution < -0.4 is 10.5 Å². The van der Waals surface area contributed by atoms with E-state index in [2.05, 4.69) is 10.2 Å². The summed E-state index contributed by atoms with van der Waals surface area (Å²) in [5, 5.41) is 19.0. The highest BCUT2D eigenvalue weighted by Gasteiger charge is 2.41. The molecule has 0 aliphatic heterocycles. The second kappa shape index (κ2) is 8.53. The van der Waals surface area contributed by atoms with E-state index in [1.165, 1.54) is 18.3 Å². The minimum atomic E-state index is -0.981. The SMILES string of the molecule is O=c1cc(-c2cc(O)c(-c3ccc(N(C4CC4)C4CCCC4F)nn3)cc2F)ccn1CF. The summed E-state index contributed by atoms with van der Waals surface area (Å²) >= 11 is 0. The Kier molecular flexibility index (Phi) is 5.55. The van der Waals surface area contributed by atoms with Crippen LogP contribution in [-0.2, 0) is 6.80 Å². The van der Waals surface area contributed by atoms with Gasteiger partial charge in [-0.1, -0.05) is 0 Å². The highest BCUT2D eigenvalue weighted by Crippen LogP contribution is 2.39. The van der Waals surface area contributed by atoms with E-state index in [4.69, 9.17) is 0 Å². The first-order valence-electron chi connectivity index (χ1n) is 11.0. The Morgan fingerprint density at radius 3 is 2.48 bits per heavy atom. The Morgan fingerprint density at radius 2 is 1.88 bits per heavy atom. The summed E-state index contributed by atoms with van der Waals surface area (Å²) in [5.41, 5.74) is 0.0440. The fourth-order valence-electron chi connectivity index (χ4n) is 4.56. The van der Waals surface area contributed by atoms with Crippen molar-refractivity contribution in [2.24, 2.45) is 0 Å². The summed E-state index contributed by atoms with van der Waals surface area (Å²) in [6, 6.07) is 8.28. The van der Waals surface area contributed by atoms with Crippen LogP contribution in [0.4, 0.5) is 19.0 Å². The van der Waals surface area contributed by atoms with Gasteiger partial charge >= 0.3 is 0 Å². The number of alkyl halides is 2. The number of anilines is 1. The van der Waals surface area contributed by atoms with Crippen LogP contribution >= 0.6 is 0 Å². The number of hydrogen-bond acceptors (Lipinski definition) is 5. The molecule has 0 spiro atoms. The van der Waals surface area contributed by atoms with Gasteiger partial charge in [0.2, 0.25) is 0 Å². The van der Waals surface area contributed by atoms with E-state index in [0.29, 0.717) is 12.2 Å². The van der Waals surface area contributed by atoms with Crippen LogP contribution in [-0.4, -0.2) is 38.1 Å². The molecule has 33 heavy (non-hydrogen) atoms. The van der Waals surface area contributed by atoms with Crippen LogP contribution in [0.25, 0.3) is 22.4 Å². The lowest BCUT2D eigenvalue weighted by Crippen LogP contribution is -2.41. The average molecular weight is 456 g/mol. The number of pyridine rings is 1. The molecule has 1 N–H and O–H groups in total. The maximum absolute atomic E-state index is 14.9. The van der Waals surface area contributed by atoms with Crippen molar-refractivity contribution in [3.63, 3.8) is 0 Å². The minimum Gasteiger partial charge on any atom is -0.507 e. The number of hydrogen-bond donors (Lipinski definition) is 1. The van der Waals surface area contributed by atoms with E-state index in [0.717, 1.165) is 42.4 Å². The molecule has 0 radical (unpaired) electrons. The van der Waals surface area contributed by atoms with E-state index in [-0.39, 0.29) is 40.2 Å². The molecule has 6 nitrogen and oxygen atoms in total. The number of aromatic hydroxyl groups is 1. The number of rotatable bonds is 6. The second-order valence-electron chi connectivity index (χ2n) is 8.62. The zero-order chi connectivity index (χ0) is 23.1. The highest BCUT2D eigenvalue weighted by molar-refractivity contribution is 5.75. The molecule has 2 unspecified atom stereocenters. The molecule has 0 amide bonds. The van der Waals surface area contributed by atoms with Crippen molar-refractivity contribution in [3.8, 4) is 28.1 Å². The third kappa shape index (κ3) is 4.07. The van der Waals surface area contributed by atoms with Crippen LogP contribution in [0.15, 0.2) is 47.4 Å². The van der Waals surface area contributed by atoms with Gasteiger partial charge in [-0.25, -0.2) is 13.2 Å². The zero-order valence-corrected chi connectivity index (χ0v) is 17.8. The smallest absolute Gasteiger partial charge is 0.253 e. The van der Waals surface area contributed by atoms with Crippen molar-refractivity contribution in [1.82, 2.24) is 14.8 Å². The molecule has 5 rings (SSSR count). The van der Waals surface area contributed by atoms with Crippen molar-refractivity contribution in [2.75, 3.05) is 4.90 Å². The van der Waals surface area contributed by atoms with Crippen LogP contribution in [0.2, 0.25) is 0 Å². The summed E-state index contributed by atoms with van der Waals surface area (Å²) < 4.78 is 42.9. The van der Waals surface area contributed by atoms with Gasteiger partial charge in [-0.2, -0.15) is 0 Å². The largest absolute Gasteiger partial charge is 0.507 e. The molecule has 0 bridgehead atoms. The molecule has 2 atom stereocenters. The highest BCUT2D eigenvalue weighted by atomic mass is 19.1. The van der Waals surface area contributed by atoms with E-state index in [1.54, 1.807) is 12.1 Å². The number of phenols is 1. The lowest BCUT2D eigenvalue weighted by Gasteiger charge is -2.31. The van der Waals surface area contributed by atoms with Crippen molar-refractivity contribution >= 4 is 5.82 Å². The molecule has 2 aromatic heterocycles. The minimum absolute atomic E-state index is 0.0130. The second-order valence-corrected chi connectivity index (χ2v) is 8.62. The third-order valence-electron chi connectivity index (χ3n) is 6.41. The Balaban J connectivity index is 1.44. The Bertz CT molecular complexity index is 1230. The van der Waals surface area contributed by atoms with Crippen molar-refractivity contribution in [3.05, 3.63) is 58.8 Å². The maximum atomic E-state index is 14.9. The van der Waals surface area contributed by atoms with Gasteiger partial charge in [0.25, 0.3) is 5.56 Å². The molecule has 2 heterocycles. The molecule has 2 aliphatic rings.